The Labute approximate surface area is 94.7 Å². The Morgan fingerprint density at radius 2 is 2.00 bits per heavy atom. The van der Waals surface area contributed by atoms with Gasteiger partial charge in [-0.25, -0.2) is 4.79 Å². The maximum absolute atomic E-state index is 10.8. The zero-order valence-corrected chi connectivity index (χ0v) is 9.23. The second kappa shape index (κ2) is 4.84. The van der Waals surface area contributed by atoms with Crippen molar-refractivity contribution in [2.45, 2.75) is 12.8 Å². The average Bonchev–Trinajstić information content (AvgIpc) is 2.73. The summed E-state index contributed by atoms with van der Waals surface area (Å²) in [5.74, 6) is 0.645. The van der Waals surface area contributed by atoms with Crippen molar-refractivity contribution < 1.29 is 14.3 Å². The molecule has 1 aromatic rings. The third kappa shape index (κ3) is 2.63. The van der Waals surface area contributed by atoms with E-state index in [0.29, 0.717) is 6.61 Å². The van der Waals surface area contributed by atoms with E-state index < -0.39 is 0 Å². The molecule has 0 aliphatic carbocycles. The molecule has 1 aliphatic rings. The first kappa shape index (κ1) is 10.7. The van der Waals surface area contributed by atoms with Crippen LogP contribution in [0, 0.1) is 0 Å². The number of rotatable bonds is 4. The third-order valence-corrected chi connectivity index (χ3v) is 2.62. The highest BCUT2D eigenvalue weighted by atomic mass is 16.5. The maximum atomic E-state index is 10.8. The Hall–Kier alpha value is -1.77. The first-order chi connectivity index (χ1) is 7.78. The van der Waals surface area contributed by atoms with Crippen LogP contribution in [0.25, 0.3) is 0 Å². The predicted molar refractivity (Wildman–Crippen MR) is 60.4 cm³/mol. The van der Waals surface area contributed by atoms with Gasteiger partial charge in [0.15, 0.2) is 0 Å². The first-order valence-electron chi connectivity index (χ1n) is 5.27. The van der Waals surface area contributed by atoms with Gasteiger partial charge in [0.05, 0.1) is 7.11 Å². The molecular weight excluding hydrogens is 204 g/mol. The van der Waals surface area contributed by atoms with Crippen LogP contribution in [0.1, 0.15) is 12.0 Å². The van der Waals surface area contributed by atoms with Crippen LogP contribution in [0.2, 0.25) is 0 Å². The van der Waals surface area contributed by atoms with E-state index in [1.165, 1.54) is 5.56 Å². The highest BCUT2D eigenvalue weighted by Gasteiger charge is 2.12. The van der Waals surface area contributed by atoms with Crippen molar-refractivity contribution in [3.8, 4) is 5.75 Å². The van der Waals surface area contributed by atoms with Crippen molar-refractivity contribution in [2.24, 2.45) is 0 Å². The van der Waals surface area contributed by atoms with Crippen LogP contribution in [-0.2, 0) is 16.0 Å². The van der Waals surface area contributed by atoms with Gasteiger partial charge in [-0.15, -0.1) is 0 Å². The molecule has 84 valence electrons. The van der Waals surface area contributed by atoms with Crippen LogP contribution in [-0.4, -0.2) is 19.7 Å². The van der Waals surface area contributed by atoms with Crippen molar-refractivity contribution >= 4 is 5.97 Å². The fourth-order valence-electron chi connectivity index (χ4n) is 1.66. The summed E-state index contributed by atoms with van der Waals surface area (Å²) in [4.78, 5) is 10.8. The van der Waals surface area contributed by atoms with E-state index in [4.69, 9.17) is 9.47 Å². The van der Waals surface area contributed by atoms with Gasteiger partial charge in [-0.2, -0.15) is 0 Å². The third-order valence-electron chi connectivity index (χ3n) is 2.62. The Morgan fingerprint density at radius 1 is 1.25 bits per heavy atom. The quantitative estimate of drug-likeness (QED) is 0.726. The zero-order chi connectivity index (χ0) is 11.4. The molecule has 0 unspecified atom stereocenters. The topological polar surface area (TPSA) is 35.5 Å². The molecule has 1 heterocycles. The number of hydrogen-bond acceptors (Lipinski definition) is 3. The number of carbonyl (C=O) groups excluding carboxylic acids is 1. The summed E-state index contributed by atoms with van der Waals surface area (Å²) in [7, 11) is 1.65. The Bertz CT molecular complexity index is 404. The van der Waals surface area contributed by atoms with Crippen LogP contribution in [0.3, 0.4) is 0 Å². The minimum Gasteiger partial charge on any atom is -0.497 e. The maximum Gasteiger partial charge on any atom is 0.331 e. The van der Waals surface area contributed by atoms with E-state index in [9.17, 15) is 4.79 Å². The Kier molecular flexibility index (Phi) is 3.25. The van der Waals surface area contributed by atoms with E-state index in [2.05, 4.69) is 0 Å². The number of ether oxygens (including phenoxy) is 2. The number of benzene rings is 1. The van der Waals surface area contributed by atoms with Gasteiger partial charge in [-0.05, 0) is 36.1 Å². The lowest BCUT2D eigenvalue weighted by atomic mass is 10.1. The molecule has 0 atom stereocenters. The second-order valence-electron chi connectivity index (χ2n) is 3.76. The molecule has 0 bridgehead atoms. The van der Waals surface area contributed by atoms with E-state index in [0.717, 1.165) is 24.2 Å². The van der Waals surface area contributed by atoms with Gasteiger partial charge in [0.2, 0.25) is 0 Å². The van der Waals surface area contributed by atoms with Gasteiger partial charge < -0.3 is 9.47 Å². The molecule has 0 spiro atoms. The van der Waals surface area contributed by atoms with Gasteiger partial charge in [0.1, 0.15) is 12.4 Å². The highest BCUT2D eigenvalue weighted by molar-refractivity contribution is 5.85. The lowest BCUT2D eigenvalue weighted by Gasteiger charge is -2.03. The number of methoxy groups -OCH3 is 1. The fourth-order valence-corrected chi connectivity index (χ4v) is 1.66. The molecule has 0 saturated heterocycles. The normalized spacial score (nSPS) is 14.6. The van der Waals surface area contributed by atoms with Crippen molar-refractivity contribution in [3.05, 3.63) is 41.5 Å². The molecule has 0 N–H and O–H groups in total. The summed E-state index contributed by atoms with van der Waals surface area (Å²) in [5.41, 5.74) is 2.31. The molecule has 3 heteroatoms. The summed E-state index contributed by atoms with van der Waals surface area (Å²) in [6.45, 7) is 0.453. The number of esters is 1. The summed E-state index contributed by atoms with van der Waals surface area (Å²) in [6.07, 6.45) is 3.38. The molecule has 0 aromatic heterocycles. The molecule has 3 nitrogen and oxygen atoms in total. The summed E-state index contributed by atoms with van der Waals surface area (Å²) in [6, 6.07) is 7.97. The molecule has 1 aromatic carbocycles. The number of hydrogen-bond donors (Lipinski definition) is 0. The van der Waals surface area contributed by atoms with E-state index >= 15 is 0 Å². The largest absolute Gasteiger partial charge is 0.497 e. The zero-order valence-electron chi connectivity index (χ0n) is 9.23. The molecule has 16 heavy (non-hydrogen) atoms. The standard InChI is InChI=1S/C13H14O3/c1-15-12-6-4-10(5-7-12)2-3-11-8-13(14)16-9-11/h4-8H,2-3,9H2,1H3. The van der Waals surface area contributed by atoms with Gasteiger partial charge >= 0.3 is 5.97 Å². The lowest BCUT2D eigenvalue weighted by molar-refractivity contribution is -0.134. The number of aryl methyl sites for hydroxylation is 1. The lowest BCUT2D eigenvalue weighted by Crippen LogP contribution is -1.93. The van der Waals surface area contributed by atoms with Gasteiger partial charge in [-0.3, -0.25) is 0 Å². The molecule has 0 amide bonds. The minimum atomic E-state index is -0.218. The Morgan fingerprint density at radius 3 is 2.56 bits per heavy atom. The molecule has 1 aliphatic heterocycles. The van der Waals surface area contributed by atoms with E-state index in [1.807, 2.05) is 24.3 Å². The van der Waals surface area contributed by atoms with Crippen molar-refractivity contribution in [1.29, 1.82) is 0 Å². The van der Waals surface area contributed by atoms with Crippen LogP contribution in [0.4, 0.5) is 0 Å². The smallest absolute Gasteiger partial charge is 0.331 e. The first-order valence-corrected chi connectivity index (χ1v) is 5.27. The molecule has 0 radical (unpaired) electrons. The predicted octanol–water partition coefficient (Wildman–Crippen LogP) is 2.11. The van der Waals surface area contributed by atoms with Crippen molar-refractivity contribution in [2.75, 3.05) is 13.7 Å². The van der Waals surface area contributed by atoms with E-state index in [-0.39, 0.29) is 5.97 Å². The number of cyclic esters (lactones) is 1. The van der Waals surface area contributed by atoms with Crippen LogP contribution < -0.4 is 4.74 Å². The van der Waals surface area contributed by atoms with Crippen molar-refractivity contribution in [3.63, 3.8) is 0 Å². The fraction of sp³-hybridized carbons (Fsp3) is 0.308. The number of carbonyl (C=O) groups is 1. The Balaban J connectivity index is 1.89. The van der Waals surface area contributed by atoms with Gasteiger partial charge in [-0.1, -0.05) is 12.1 Å². The molecule has 2 rings (SSSR count). The monoisotopic (exact) mass is 218 g/mol. The van der Waals surface area contributed by atoms with Crippen LogP contribution in [0.15, 0.2) is 35.9 Å². The molecule has 0 fully saturated rings. The van der Waals surface area contributed by atoms with Crippen LogP contribution in [0.5, 0.6) is 5.75 Å². The van der Waals surface area contributed by atoms with E-state index in [1.54, 1.807) is 13.2 Å². The summed E-state index contributed by atoms with van der Waals surface area (Å²) >= 11 is 0. The SMILES string of the molecule is COc1ccc(CCC2=CC(=O)OC2)cc1. The second-order valence-corrected chi connectivity index (χ2v) is 3.76. The van der Waals surface area contributed by atoms with Crippen molar-refractivity contribution in [1.82, 2.24) is 0 Å². The molecular formula is C13H14O3. The van der Waals surface area contributed by atoms with Gasteiger partial charge in [0.25, 0.3) is 0 Å². The highest BCUT2D eigenvalue weighted by Crippen LogP contribution is 2.16. The average molecular weight is 218 g/mol. The summed E-state index contributed by atoms with van der Waals surface area (Å²) in [5, 5.41) is 0. The molecule has 0 saturated carbocycles. The van der Waals surface area contributed by atoms with Gasteiger partial charge in [0, 0.05) is 6.08 Å². The van der Waals surface area contributed by atoms with Crippen LogP contribution >= 0.6 is 0 Å². The minimum absolute atomic E-state index is 0.218. The summed E-state index contributed by atoms with van der Waals surface area (Å²) < 4.78 is 9.92.